The number of nitrogens with zero attached hydrogens (tertiary/aromatic N) is 2. The Labute approximate surface area is 71.5 Å². The molecule has 0 unspecified atom stereocenters. The summed E-state index contributed by atoms with van der Waals surface area (Å²) in [6, 6.07) is 0.788. The van der Waals surface area contributed by atoms with Crippen LogP contribution in [0, 0.1) is 0 Å². The number of nitrogens with one attached hydrogen (secondary N) is 2. The van der Waals surface area contributed by atoms with Gasteiger partial charge in [0, 0.05) is 6.04 Å². The molecule has 0 saturated heterocycles. The molecule has 0 aliphatic heterocycles. The molecule has 0 aliphatic carbocycles. The molecule has 1 rings (SSSR count). The van der Waals surface area contributed by atoms with Crippen molar-refractivity contribution in [3.63, 3.8) is 0 Å². The molecule has 1 heterocycles. The molecule has 0 spiro atoms. The predicted octanol–water partition coefficient (Wildman–Crippen LogP) is 1.02. The summed E-state index contributed by atoms with van der Waals surface area (Å²) >= 11 is 0. The fourth-order valence-electron chi connectivity index (χ4n) is 0.771. The summed E-state index contributed by atoms with van der Waals surface area (Å²) in [5, 5.41) is 9.62. The van der Waals surface area contributed by atoms with Crippen molar-refractivity contribution in [3.05, 3.63) is 0 Å². The molecule has 1 aromatic rings. The van der Waals surface area contributed by atoms with Crippen LogP contribution in [-0.2, 0) is 0 Å². The van der Waals surface area contributed by atoms with E-state index >= 15 is 0 Å². The van der Waals surface area contributed by atoms with Gasteiger partial charge in [-0.3, -0.25) is 0 Å². The topological polar surface area (TPSA) is 62.8 Å². The van der Waals surface area contributed by atoms with Crippen LogP contribution in [0.25, 0.3) is 0 Å². The van der Waals surface area contributed by atoms with E-state index in [0.29, 0.717) is 24.6 Å². The Bertz CT molecular complexity index is 233. The Morgan fingerprint density at radius 1 is 1.58 bits per heavy atom. The number of aromatic nitrogens is 3. The van der Waals surface area contributed by atoms with E-state index in [2.05, 4.69) is 20.5 Å². The third kappa shape index (κ3) is 2.41. The number of H-pyrrole nitrogens is 1. The van der Waals surface area contributed by atoms with Crippen molar-refractivity contribution in [1.29, 1.82) is 0 Å². The molecule has 68 valence electrons. The van der Waals surface area contributed by atoms with Crippen molar-refractivity contribution in [3.8, 4) is 6.01 Å². The molecule has 0 saturated carbocycles. The van der Waals surface area contributed by atoms with Gasteiger partial charge in [-0.25, -0.2) is 5.10 Å². The standard InChI is InChI=1S/C7H14N4O/c1-4-12-7-9-6(10-11-7)8-5(2)3/h5H,4H2,1-3H3,(H2,8,9,10,11). The fourth-order valence-corrected chi connectivity index (χ4v) is 0.771. The normalized spacial score (nSPS) is 10.3. The van der Waals surface area contributed by atoms with Gasteiger partial charge in [-0.15, -0.1) is 5.10 Å². The fraction of sp³-hybridized carbons (Fsp3) is 0.714. The zero-order valence-corrected chi connectivity index (χ0v) is 7.59. The number of hydrogen-bond donors (Lipinski definition) is 2. The maximum Gasteiger partial charge on any atom is 0.313 e. The zero-order valence-electron chi connectivity index (χ0n) is 7.59. The van der Waals surface area contributed by atoms with Gasteiger partial charge in [-0.05, 0) is 20.8 Å². The first-order valence-electron chi connectivity index (χ1n) is 4.04. The molecule has 5 nitrogen and oxygen atoms in total. The maximum atomic E-state index is 5.10. The van der Waals surface area contributed by atoms with Crippen LogP contribution in [0.2, 0.25) is 0 Å². The summed E-state index contributed by atoms with van der Waals surface area (Å²) in [6.07, 6.45) is 0. The average molecular weight is 170 g/mol. The Balaban J connectivity index is 2.52. The van der Waals surface area contributed by atoms with E-state index in [4.69, 9.17) is 4.74 Å². The summed E-state index contributed by atoms with van der Waals surface area (Å²) in [5.74, 6) is 0.577. The first-order chi connectivity index (χ1) is 5.72. The Kier molecular flexibility index (Phi) is 2.90. The maximum absolute atomic E-state index is 5.10. The van der Waals surface area contributed by atoms with Crippen molar-refractivity contribution in [2.75, 3.05) is 11.9 Å². The van der Waals surface area contributed by atoms with E-state index in [0.717, 1.165) is 0 Å². The lowest BCUT2D eigenvalue weighted by Gasteiger charge is -2.02. The van der Waals surface area contributed by atoms with E-state index in [1.165, 1.54) is 0 Å². The van der Waals surface area contributed by atoms with Gasteiger partial charge < -0.3 is 10.1 Å². The second kappa shape index (κ2) is 3.94. The summed E-state index contributed by atoms with van der Waals surface area (Å²) in [4.78, 5) is 4.04. The van der Waals surface area contributed by atoms with Crippen LogP contribution in [-0.4, -0.2) is 27.8 Å². The van der Waals surface area contributed by atoms with Crippen molar-refractivity contribution in [2.45, 2.75) is 26.8 Å². The number of aromatic amines is 1. The number of hydrogen-bond acceptors (Lipinski definition) is 4. The van der Waals surface area contributed by atoms with Crippen LogP contribution >= 0.6 is 0 Å². The molecule has 0 aromatic carbocycles. The van der Waals surface area contributed by atoms with Crippen molar-refractivity contribution in [2.24, 2.45) is 0 Å². The average Bonchev–Trinajstić information content (AvgIpc) is 2.36. The minimum atomic E-state index is 0.329. The van der Waals surface area contributed by atoms with Crippen LogP contribution in [0.5, 0.6) is 6.01 Å². The number of anilines is 1. The molecule has 12 heavy (non-hydrogen) atoms. The third-order valence-corrected chi connectivity index (χ3v) is 1.16. The lowest BCUT2D eigenvalue weighted by Crippen LogP contribution is -2.10. The van der Waals surface area contributed by atoms with Gasteiger partial charge in [0.25, 0.3) is 0 Å². The minimum Gasteiger partial charge on any atom is -0.464 e. The highest BCUT2D eigenvalue weighted by Crippen LogP contribution is 2.05. The van der Waals surface area contributed by atoms with E-state index in [9.17, 15) is 0 Å². The van der Waals surface area contributed by atoms with Gasteiger partial charge in [0.15, 0.2) is 0 Å². The minimum absolute atomic E-state index is 0.329. The molecular weight excluding hydrogens is 156 g/mol. The van der Waals surface area contributed by atoms with Gasteiger partial charge >= 0.3 is 6.01 Å². The lowest BCUT2D eigenvalue weighted by molar-refractivity contribution is 0.314. The first-order valence-corrected chi connectivity index (χ1v) is 4.04. The monoisotopic (exact) mass is 170 g/mol. The van der Waals surface area contributed by atoms with Gasteiger partial charge in [-0.1, -0.05) is 0 Å². The van der Waals surface area contributed by atoms with Gasteiger partial charge in [-0.2, -0.15) is 4.98 Å². The molecule has 5 heteroatoms. The molecule has 0 fully saturated rings. The second-order valence-electron chi connectivity index (χ2n) is 2.70. The van der Waals surface area contributed by atoms with E-state index in [1.807, 2.05) is 20.8 Å². The van der Waals surface area contributed by atoms with Crippen molar-refractivity contribution in [1.82, 2.24) is 15.2 Å². The molecular formula is C7H14N4O. The van der Waals surface area contributed by atoms with E-state index in [-0.39, 0.29) is 0 Å². The largest absolute Gasteiger partial charge is 0.464 e. The number of ether oxygens (including phenoxy) is 1. The summed E-state index contributed by atoms with van der Waals surface area (Å²) < 4.78 is 5.10. The quantitative estimate of drug-likeness (QED) is 0.708. The van der Waals surface area contributed by atoms with Crippen molar-refractivity contribution < 1.29 is 4.74 Å². The van der Waals surface area contributed by atoms with Crippen molar-refractivity contribution >= 4 is 5.95 Å². The van der Waals surface area contributed by atoms with Crippen LogP contribution in [0.4, 0.5) is 5.95 Å². The van der Waals surface area contributed by atoms with Gasteiger partial charge in [0.2, 0.25) is 5.95 Å². The Morgan fingerprint density at radius 2 is 2.33 bits per heavy atom. The molecule has 0 aliphatic rings. The van der Waals surface area contributed by atoms with Crippen LogP contribution in [0.15, 0.2) is 0 Å². The van der Waals surface area contributed by atoms with Crippen LogP contribution < -0.4 is 10.1 Å². The first kappa shape index (κ1) is 8.83. The molecule has 0 atom stereocenters. The lowest BCUT2D eigenvalue weighted by atomic mass is 10.4. The zero-order chi connectivity index (χ0) is 8.97. The van der Waals surface area contributed by atoms with E-state index < -0.39 is 0 Å². The van der Waals surface area contributed by atoms with Gasteiger partial charge in [0.1, 0.15) is 0 Å². The highest BCUT2D eigenvalue weighted by Gasteiger charge is 2.02. The number of rotatable bonds is 4. The molecule has 0 bridgehead atoms. The summed E-state index contributed by atoms with van der Waals surface area (Å²) in [5.41, 5.74) is 0. The summed E-state index contributed by atoms with van der Waals surface area (Å²) in [6.45, 7) is 6.54. The smallest absolute Gasteiger partial charge is 0.313 e. The predicted molar refractivity (Wildman–Crippen MR) is 46.3 cm³/mol. The van der Waals surface area contributed by atoms with Gasteiger partial charge in [0.05, 0.1) is 6.61 Å². The molecule has 2 N–H and O–H groups in total. The highest BCUT2D eigenvalue weighted by atomic mass is 16.5. The summed E-state index contributed by atoms with van der Waals surface area (Å²) in [7, 11) is 0. The third-order valence-electron chi connectivity index (χ3n) is 1.16. The second-order valence-corrected chi connectivity index (χ2v) is 2.70. The SMILES string of the molecule is CCOc1nc(NC(C)C)n[nH]1. The van der Waals surface area contributed by atoms with E-state index in [1.54, 1.807) is 0 Å². The van der Waals surface area contributed by atoms with Crippen LogP contribution in [0.1, 0.15) is 20.8 Å². The Hall–Kier alpha value is -1.26. The van der Waals surface area contributed by atoms with Crippen LogP contribution in [0.3, 0.4) is 0 Å². The molecule has 1 aromatic heterocycles. The molecule has 0 amide bonds. The highest BCUT2D eigenvalue weighted by molar-refractivity contribution is 5.24. The molecule has 0 radical (unpaired) electrons. The Morgan fingerprint density at radius 3 is 2.92 bits per heavy atom.